The lowest BCUT2D eigenvalue weighted by molar-refractivity contribution is -0.142. The molecule has 50 heavy (non-hydrogen) atoms. The van der Waals surface area contributed by atoms with Gasteiger partial charge in [0.1, 0.15) is 11.8 Å². The Morgan fingerprint density at radius 2 is 1.70 bits per heavy atom. The molecule has 0 spiro atoms. The van der Waals surface area contributed by atoms with Crippen LogP contribution in [0.25, 0.3) is 0 Å². The second-order valence-electron chi connectivity index (χ2n) is 14.4. The zero-order valence-corrected chi connectivity index (χ0v) is 29.9. The number of rotatable bonds is 13. The molecular weight excluding hydrogens is 630 g/mol. The number of hydrogen-bond acceptors (Lipinski definition) is 6. The minimum atomic E-state index is -0.718. The molecule has 1 heterocycles. The molecule has 3 aromatic rings. The topological polar surface area (TPSA) is 120 Å². The summed E-state index contributed by atoms with van der Waals surface area (Å²) < 4.78 is 5.71. The predicted molar refractivity (Wildman–Crippen MR) is 193 cm³/mol. The Balaban J connectivity index is 1.26. The molecule has 0 aromatic heterocycles. The molecule has 1 aliphatic carbocycles. The fourth-order valence-electron chi connectivity index (χ4n) is 7.24. The molecule has 0 bridgehead atoms. The van der Waals surface area contributed by atoms with Gasteiger partial charge in [-0.05, 0) is 80.0 Å². The number of ether oxygens (including phenoxy) is 1. The second kappa shape index (κ2) is 16.3. The molecule has 10 nitrogen and oxygen atoms in total. The maximum atomic E-state index is 14.0. The van der Waals surface area contributed by atoms with Crippen LogP contribution in [-0.2, 0) is 33.9 Å². The van der Waals surface area contributed by atoms with Crippen LogP contribution in [0.3, 0.4) is 0 Å². The number of likely N-dealkylation sites (tertiary alicyclic amines) is 1. The summed E-state index contributed by atoms with van der Waals surface area (Å²) in [4.78, 5) is 56.6. The van der Waals surface area contributed by atoms with Crippen LogP contribution in [0.2, 0.25) is 0 Å². The van der Waals surface area contributed by atoms with E-state index in [-0.39, 0.29) is 35.7 Å². The molecule has 266 valence electrons. The maximum absolute atomic E-state index is 14.0. The molecule has 10 heteroatoms. The van der Waals surface area contributed by atoms with Gasteiger partial charge in [-0.25, -0.2) is 0 Å². The number of hydrogen-bond donors (Lipinski definition) is 3. The third-order valence-electron chi connectivity index (χ3n) is 9.71. The van der Waals surface area contributed by atoms with Crippen LogP contribution in [0.5, 0.6) is 5.75 Å². The van der Waals surface area contributed by atoms with E-state index in [1.54, 1.807) is 29.0 Å². The molecule has 4 amide bonds. The number of benzene rings is 3. The molecule has 1 fully saturated rings. The Kier molecular flexibility index (Phi) is 12.0. The standard InChI is InChI=1S/C40H51N5O5/c1-6-50-35-17-10-8-13-30(35)24-44(26-46)23-27-18-20-29(21-19-27)37(47)42-31-22-34(45(25-31)39(49)36(41-5)40(2,3)4)38(48)43-33-16-11-14-28-12-7-9-15-32(28)33/h7-10,12-13,15,17-21,26,31,33-34,36,41H,6,11,14,16,22-25H2,1-5H3,(H,42,47)(H,43,48). The number of aryl methyl sites for hydroxylation is 1. The number of carbonyl (C=O) groups excluding carboxylic acids is 4. The minimum Gasteiger partial charge on any atom is -0.494 e. The van der Waals surface area contributed by atoms with Gasteiger partial charge in [0.25, 0.3) is 5.91 Å². The van der Waals surface area contributed by atoms with Gasteiger partial charge in [-0.1, -0.05) is 75.4 Å². The van der Waals surface area contributed by atoms with Crippen LogP contribution in [0.4, 0.5) is 0 Å². The molecule has 1 saturated heterocycles. The third-order valence-corrected chi connectivity index (χ3v) is 9.71. The number of para-hydroxylation sites is 1. The Bertz CT molecular complexity index is 1650. The van der Waals surface area contributed by atoms with E-state index in [0.717, 1.165) is 48.1 Å². The summed E-state index contributed by atoms with van der Waals surface area (Å²) in [6.07, 6.45) is 3.93. The highest BCUT2D eigenvalue weighted by atomic mass is 16.5. The Morgan fingerprint density at radius 1 is 0.980 bits per heavy atom. The van der Waals surface area contributed by atoms with Crippen LogP contribution in [-0.4, -0.2) is 72.3 Å². The highest BCUT2D eigenvalue weighted by molar-refractivity contribution is 5.95. The molecule has 4 atom stereocenters. The van der Waals surface area contributed by atoms with Crippen LogP contribution in [0.15, 0.2) is 72.8 Å². The van der Waals surface area contributed by atoms with Crippen molar-refractivity contribution in [2.75, 3.05) is 20.2 Å². The van der Waals surface area contributed by atoms with Crippen molar-refractivity contribution in [3.8, 4) is 5.75 Å². The van der Waals surface area contributed by atoms with Crippen molar-refractivity contribution in [3.63, 3.8) is 0 Å². The highest BCUT2D eigenvalue weighted by Gasteiger charge is 2.45. The van der Waals surface area contributed by atoms with Crippen molar-refractivity contribution in [1.29, 1.82) is 0 Å². The summed E-state index contributed by atoms with van der Waals surface area (Å²) in [5.41, 5.74) is 4.24. The predicted octanol–water partition coefficient (Wildman–Crippen LogP) is 4.77. The average molecular weight is 682 g/mol. The molecule has 1 aliphatic heterocycles. The fraction of sp³-hybridized carbons (Fsp3) is 0.450. The minimum absolute atomic E-state index is 0.117. The van der Waals surface area contributed by atoms with E-state index in [9.17, 15) is 19.2 Å². The summed E-state index contributed by atoms with van der Waals surface area (Å²) >= 11 is 0. The number of nitrogens with one attached hydrogen (secondary N) is 3. The van der Waals surface area contributed by atoms with E-state index >= 15 is 0 Å². The number of likely N-dealkylation sites (N-methyl/N-ethyl adjacent to an activating group) is 1. The smallest absolute Gasteiger partial charge is 0.251 e. The van der Waals surface area contributed by atoms with Crippen molar-refractivity contribution >= 4 is 24.1 Å². The van der Waals surface area contributed by atoms with Crippen LogP contribution < -0.4 is 20.7 Å². The van der Waals surface area contributed by atoms with Gasteiger partial charge in [0.15, 0.2) is 0 Å². The lowest BCUT2D eigenvalue weighted by Crippen LogP contribution is -2.56. The van der Waals surface area contributed by atoms with Gasteiger partial charge in [0.05, 0.1) is 18.7 Å². The fourth-order valence-corrected chi connectivity index (χ4v) is 7.24. The summed E-state index contributed by atoms with van der Waals surface area (Å²) in [5, 5.41) is 9.50. The van der Waals surface area contributed by atoms with Crippen molar-refractivity contribution in [2.24, 2.45) is 5.41 Å². The largest absolute Gasteiger partial charge is 0.494 e. The van der Waals surface area contributed by atoms with E-state index in [4.69, 9.17) is 4.74 Å². The molecule has 2 aliphatic rings. The maximum Gasteiger partial charge on any atom is 0.251 e. The van der Waals surface area contributed by atoms with E-state index in [1.807, 2.05) is 76.2 Å². The van der Waals surface area contributed by atoms with Crippen molar-refractivity contribution in [1.82, 2.24) is 25.8 Å². The van der Waals surface area contributed by atoms with Crippen molar-refractivity contribution in [3.05, 3.63) is 101 Å². The summed E-state index contributed by atoms with van der Waals surface area (Å²) in [6, 6.07) is 21.3. The quantitative estimate of drug-likeness (QED) is 0.224. The first-order chi connectivity index (χ1) is 24.0. The molecule has 4 unspecified atom stereocenters. The van der Waals surface area contributed by atoms with Gasteiger partial charge >= 0.3 is 0 Å². The van der Waals surface area contributed by atoms with Crippen molar-refractivity contribution < 1.29 is 23.9 Å². The molecule has 0 radical (unpaired) electrons. The SMILES string of the molecule is CCOc1ccccc1CN(C=O)Cc1ccc(C(=O)NC2CC(C(=O)NC3CCCc4ccccc43)N(C(=O)C(NC)C(C)(C)C)C2)cc1. The normalized spacial score (nSPS) is 19.2. The first-order valence-electron chi connectivity index (χ1n) is 17.7. The molecule has 0 saturated carbocycles. The van der Waals surface area contributed by atoms with Crippen LogP contribution >= 0.6 is 0 Å². The first-order valence-corrected chi connectivity index (χ1v) is 17.7. The monoisotopic (exact) mass is 681 g/mol. The first kappa shape index (κ1) is 36.6. The lowest BCUT2D eigenvalue weighted by Gasteiger charge is -2.35. The van der Waals surface area contributed by atoms with Gasteiger partial charge in [0, 0.05) is 36.8 Å². The highest BCUT2D eigenvalue weighted by Crippen LogP contribution is 2.31. The van der Waals surface area contributed by atoms with E-state index < -0.39 is 18.1 Å². The van der Waals surface area contributed by atoms with Gasteiger partial charge < -0.3 is 30.5 Å². The van der Waals surface area contributed by atoms with E-state index in [2.05, 4.69) is 28.1 Å². The third kappa shape index (κ3) is 8.71. The van der Waals surface area contributed by atoms with Gasteiger partial charge in [-0.15, -0.1) is 0 Å². The molecule has 3 N–H and O–H groups in total. The zero-order chi connectivity index (χ0) is 35.8. The number of fused-ring (bicyclic) bond motifs is 1. The van der Waals surface area contributed by atoms with Gasteiger partial charge in [0.2, 0.25) is 18.2 Å². The van der Waals surface area contributed by atoms with E-state index in [0.29, 0.717) is 31.7 Å². The Labute approximate surface area is 295 Å². The van der Waals surface area contributed by atoms with Crippen molar-refractivity contribution in [2.45, 2.75) is 90.6 Å². The lowest BCUT2D eigenvalue weighted by atomic mass is 9.85. The van der Waals surface area contributed by atoms with Gasteiger partial charge in [-0.2, -0.15) is 0 Å². The van der Waals surface area contributed by atoms with Crippen LogP contribution in [0, 0.1) is 5.41 Å². The zero-order valence-electron chi connectivity index (χ0n) is 29.9. The number of nitrogens with zero attached hydrogens (tertiary/aromatic N) is 2. The Morgan fingerprint density at radius 3 is 2.40 bits per heavy atom. The Hall–Kier alpha value is -4.70. The van der Waals surface area contributed by atoms with Crippen LogP contribution in [0.1, 0.15) is 85.6 Å². The second-order valence-corrected chi connectivity index (χ2v) is 14.4. The number of carbonyl (C=O) groups is 4. The van der Waals surface area contributed by atoms with E-state index in [1.165, 1.54) is 5.56 Å². The average Bonchev–Trinajstić information content (AvgIpc) is 3.53. The molecular formula is C40H51N5O5. The summed E-state index contributed by atoms with van der Waals surface area (Å²) in [5.74, 6) is 0.109. The molecule has 3 aromatic carbocycles. The number of amides is 4. The summed E-state index contributed by atoms with van der Waals surface area (Å²) in [7, 11) is 1.76. The van der Waals surface area contributed by atoms with Gasteiger partial charge in [-0.3, -0.25) is 19.2 Å². The summed E-state index contributed by atoms with van der Waals surface area (Å²) in [6.45, 7) is 9.43. The molecule has 5 rings (SSSR count).